The fraction of sp³-hybridized carbons (Fsp3) is 0.263. The lowest BCUT2D eigenvalue weighted by Crippen LogP contribution is -2.50. The van der Waals surface area contributed by atoms with Crippen molar-refractivity contribution in [1.29, 1.82) is 0 Å². The highest BCUT2D eigenvalue weighted by Gasteiger charge is 2.23. The molecule has 1 heterocycles. The van der Waals surface area contributed by atoms with Gasteiger partial charge in [0.1, 0.15) is 11.6 Å². The number of halogens is 3. The number of nitrogens with one attached hydrogen (secondary N) is 1. The van der Waals surface area contributed by atoms with E-state index >= 15 is 0 Å². The summed E-state index contributed by atoms with van der Waals surface area (Å²) in [5, 5.41) is 2.87. The van der Waals surface area contributed by atoms with Gasteiger partial charge in [0.15, 0.2) is 0 Å². The summed E-state index contributed by atoms with van der Waals surface area (Å²) in [4.78, 5) is 28.1. The average Bonchev–Trinajstić information content (AvgIpc) is 2.65. The molecule has 0 aliphatic carbocycles. The standard InChI is InChI=1S/C19H18ClF2N3O2/c20-14-3-1-2-13(10-14)19(27)25-8-6-24(7-9-25)12-18(26)23-17-11-15(21)4-5-16(17)22/h1-5,10-11H,6-9,12H2,(H,23,26). The van der Waals surface area contributed by atoms with E-state index in [1.54, 1.807) is 29.2 Å². The minimum atomic E-state index is -0.693. The Balaban J connectivity index is 1.51. The van der Waals surface area contributed by atoms with E-state index in [9.17, 15) is 18.4 Å². The van der Waals surface area contributed by atoms with Gasteiger partial charge in [-0.1, -0.05) is 17.7 Å². The number of carbonyl (C=O) groups excluding carboxylic acids is 2. The van der Waals surface area contributed by atoms with Crippen LogP contribution in [-0.2, 0) is 4.79 Å². The van der Waals surface area contributed by atoms with Crippen molar-refractivity contribution in [2.24, 2.45) is 0 Å². The van der Waals surface area contributed by atoms with Gasteiger partial charge in [-0.25, -0.2) is 8.78 Å². The number of hydrogen-bond donors (Lipinski definition) is 1. The molecule has 2 aromatic carbocycles. The molecule has 0 spiro atoms. The minimum absolute atomic E-state index is 0.0369. The van der Waals surface area contributed by atoms with Crippen molar-refractivity contribution in [3.8, 4) is 0 Å². The van der Waals surface area contributed by atoms with Crippen LogP contribution in [0.3, 0.4) is 0 Å². The maximum absolute atomic E-state index is 13.6. The summed E-state index contributed by atoms with van der Waals surface area (Å²) in [5.74, 6) is -1.86. The number of nitrogens with zero attached hydrogens (tertiary/aromatic N) is 2. The highest BCUT2D eigenvalue weighted by atomic mass is 35.5. The Bertz CT molecular complexity index is 855. The second kappa shape index (κ2) is 8.45. The van der Waals surface area contributed by atoms with Gasteiger partial charge in [0, 0.05) is 42.8 Å². The number of carbonyl (C=O) groups is 2. The molecule has 1 fully saturated rings. The zero-order valence-electron chi connectivity index (χ0n) is 14.4. The second-order valence-electron chi connectivity index (χ2n) is 6.25. The number of amides is 2. The average molecular weight is 394 g/mol. The molecule has 1 saturated heterocycles. The summed E-state index contributed by atoms with van der Waals surface area (Å²) in [6.07, 6.45) is 0. The first-order chi connectivity index (χ1) is 12.9. The maximum atomic E-state index is 13.6. The molecule has 1 aliphatic rings. The van der Waals surface area contributed by atoms with E-state index in [0.29, 0.717) is 36.8 Å². The van der Waals surface area contributed by atoms with Gasteiger partial charge in [0.05, 0.1) is 12.2 Å². The SMILES string of the molecule is O=C(CN1CCN(C(=O)c2cccc(Cl)c2)CC1)Nc1cc(F)ccc1F. The van der Waals surface area contributed by atoms with Gasteiger partial charge in [-0.15, -0.1) is 0 Å². The Morgan fingerprint density at radius 1 is 1.04 bits per heavy atom. The van der Waals surface area contributed by atoms with Crippen LogP contribution in [0.25, 0.3) is 0 Å². The van der Waals surface area contributed by atoms with Gasteiger partial charge in [-0.05, 0) is 30.3 Å². The molecule has 3 rings (SSSR count). The molecule has 2 amide bonds. The third kappa shape index (κ3) is 5.02. The zero-order chi connectivity index (χ0) is 19.4. The molecule has 0 saturated carbocycles. The van der Waals surface area contributed by atoms with E-state index in [1.165, 1.54) is 0 Å². The second-order valence-corrected chi connectivity index (χ2v) is 6.69. The topological polar surface area (TPSA) is 52.7 Å². The molecule has 0 atom stereocenters. The smallest absolute Gasteiger partial charge is 0.253 e. The van der Waals surface area contributed by atoms with E-state index in [0.717, 1.165) is 18.2 Å². The molecule has 2 aromatic rings. The van der Waals surface area contributed by atoms with E-state index in [4.69, 9.17) is 11.6 Å². The van der Waals surface area contributed by atoms with Crippen LogP contribution in [0.15, 0.2) is 42.5 Å². The summed E-state index contributed by atoms with van der Waals surface area (Å²) in [5.41, 5.74) is 0.338. The highest BCUT2D eigenvalue weighted by Crippen LogP contribution is 2.16. The van der Waals surface area contributed by atoms with Gasteiger partial charge < -0.3 is 10.2 Å². The Kier molecular flexibility index (Phi) is 6.03. The summed E-state index contributed by atoms with van der Waals surface area (Å²) in [6, 6.07) is 9.65. The third-order valence-electron chi connectivity index (χ3n) is 4.30. The quantitative estimate of drug-likeness (QED) is 0.868. The third-order valence-corrected chi connectivity index (χ3v) is 4.54. The van der Waals surface area contributed by atoms with Gasteiger partial charge >= 0.3 is 0 Å². The van der Waals surface area contributed by atoms with Crippen LogP contribution >= 0.6 is 11.6 Å². The number of benzene rings is 2. The summed E-state index contributed by atoms with van der Waals surface area (Å²) in [6.45, 7) is 1.98. The Morgan fingerprint density at radius 2 is 1.78 bits per heavy atom. The first-order valence-electron chi connectivity index (χ1n) is 8.44. The van der Waals surface area contributed by atoms with Crippen molar-refractivity contribution in [2.45, 2.75) is 0 Å². The first kappa shape index (κ1) is 19.3. The van der Waals surface area contributed by atoms with Crippen molar-refractivity contribution in [2.75, 3.05) is 38.0 Å². The normalized spacial score (nSPS) is 14.9. The van der Waals surface area contributed by atoms with Crippen molar-refractivity contribution in [3.05, 3.63) is 64.7 Å². The van der Waals surface area contributed by atoms with Crippen LogP contribution in [0.5, 0.6) is 0 Å². The van der Waals surface area contributed by atoms with Crippen LogP contribution in [-0.4, -0.2) is 54.3 Å². The Hall–Kier alpha value is -2.51. The fourth-order valence-corrected chi connectivity index (χ4v) is 3.09. The van der Waals surface area contributed by atoms with Crippen LogP contribution in [0.4, 0.5) is 14.5 Å². The first-order valence-corrected chi connectivity index (χ1v) is 8.82. The van der Waals surface area contributed by atoms with Crippen molar-refractivity contribution < 1.29 is 18.4 Å². The number of piperazine rings is 1. The maximum Gasteiger partial charge on any atom is 0.253 e. The molecule has 0 aromatic heterocycles. The van der Waals surface area contributed by atoms with E-state index in [2.05, 4.69) is 5.32 Å². The largest absolute Gasteiger partial charge is 0.336 e. The highest BCUT2D eigenvalue weighted by molar-refractivity contribution is 6.30. The molecule has 1 N–H and O–H groups in total. The summed E-state index contributed by atoms with van der Waals surface area (Å²) >= 11 is 5.92. The molecule has 27 heavy (non-hydrogen) atoms. The van der Waals surface area contributed by atoms with Gasteiger partial charge in [-0.2, -0.15) is 0 Å². The molecular formula is C19H18ClF2N3O2. The molecule has 0 unspecified atom stereocenters. The molecular weight excluding hydrogens is 376 g/mol. The summed E-state index contributed by atoms with van der Waals surface area (Å²) in [7, 11) is 0. The monoisotopic (exact) mass is 393 g/mol. The van der Waals surface area contributed by atoms with E-state index < -0.39 is 17.5 Å². The van der Waals surface area contributed by atoms with Crippen LogP contribution < -0.4 is 5.32 Å². The van der Waals surface area contributed by atoms with Gasteiger partial charge in [-0.3, -0.25) is 14.5 Å². The number of rotatable bonds is 4. The molecule has 5 nitrogen and oxygen atoms in total. The predicted molar refractivity (Wildman–Crippen MR) is 98.8 cm³/mol. The fourth-order valence-electron chi connectivity index (χ4n) is 2.90. The minimum Gasteiger partial charge on any atom is -0.336 e. The lowest BCUT2D eigenvalue weighted by atomic mass is 10.2. The summed E-state index contributed by atoms with van der Waals surface area (Å²) < 4.78 is 26.8. The van der Waals surface area contributed by atoms with Gasteiger partial charge in [0.2, 0.25) is 5.91 Å². The molecule has 1 aliphatic heterocycles. The van der Waals surface area contributed by atoms with E-state index in [-0.39, 0.29) is 18.1 Å². The lowest BCUT2D eigenvalue weighted by molar-refractivity contribution is -0.117. The molecule has 0 radical (unpaired) electrons. The van der Waals surface area contributed by atoms with E-state index in [1.807, 2.05) is 4.90 Å². The van der Waals surface area contributed by atoms with Crippen LogP contribution in [0.2, 0.25) is 5.02 Å². The molecule has 0 bridgehead atoms. The lowest BCUT2D eigenvalue weighted by Gasteiger charge is -2.34. The Morgan fingerprint density at radius 3 is 2.48 bits per heavy atom. The number of hydrogen-bond acceptors (Lipinski definition) is 3. The van der Waals surface area contributed by atoms with Crippen molar-refractivity contribution in [1.82, 2.24) is 9.80 Å². The number of anilines is 1. The van der Waals surface area contributed by atoms with Crippen molar-refractivity contribution in [3.63, 3.8) is 0 Å². The van der Waals surface area contributed by atoms with Crippen LogP contribution in [0, 0.1) is 11.6 Å². The Labute approximate surface area is 160 Å². The van der Waals surface area contributed by atoms with Gasteiger partial charge in [0.25, 0.3) is 5.91 Å². The molecule has 142 valence electrons. The van der Waals surface area contributed by atoms with Crippen LogP contribution in [0.1, 0.15) is 10.4 Å². The predicted octanol–water partition coefficient (Wildman–Crippen LogP) is 3.01. The zero-order valence-corrected chi connectivity index (χ0v) is 15.2. The van der Waals surface area contributed by atoms with Crippen molar-refractivity contribution >= 4 is 29.1 Å². The molecule has 8 heteroatoms.